The topological polar surface area (TPSA) is 49.7 Å². The standard InChI is InChI=1S/C21H17F5N2O2/c1-12-18(17(29)10-13-5-3-6-14(9-13)20(2,22)23)19(30)28(27-12)16-8-4-7-15(11-16)21(24,25)26/h3-9,11,18H,10H2,1-2H3. The molecule has 1 aliphatic rings. The van der Waals surface area contributed by atoms with Crippen molar-refractivity contribution in [2.45, 2.75) is 32.4 Å². The Bertz CT molecular complexity index is 1020. The second kappa shape index (κ2) is 7.62. The van der Waals surface area contributed by atoms with Gasteiger partial charge < -0.3 is 0 Å². The van der Waals surface area contributed by atoms with Gasteiger partial charge in [0.05, 0.1) is 17.0 Å². The average molecular weight is 424 g/mol. The number of carbonyl (C=O) groups excluding carboxylic acids is 2. The highest BCUT2D eigenvalue weighted by Crippen LogP contribution is 2.33. The lowest BCUT2D eigenvalue weighted by Gasteiger charge is -2.16. The molecule has 158 valence electrons. The number of carbonyl (C=O) groups is 2. The van der Waals surface area contributed by atoms with E-state index in [0.717, 1.165) is 30.1 Å². The van der Waals surface area contributed by atoms with Crippen molar-refractivity contribution in [2.75, 3.05) is 5.01 Å². The van der Waals surface area contributed by atoms with Crippen molar-refractivity contribution in [3.8, 4) is 0 Å². The summed E-state index contributed by atoms with van der Waals surface area (Å²) in [6, 6.07) is 9.36. The summed E-state index contributed by atoms with van der Waals surface area (Å²) in [6.07, 6.45) is -4.89. The Labute approximate surface area is 169 Å². The fourth-order valence-electron chi connectivity index (χ4n) is 3.19. The Hall–Kier alpha value is -3.10. The molecule has 30 heavy (non-hydrogen) atoms. The first kappa shape index (κ1) is 21.6. The molecule has 4 nitrogen and oxygen atoms in total. The molecule has 1 aliphatic heterocycles. The summed E-state index contributed by atoms with van der Waals surface area (Å²) in [7, 11) is 0. The lowest BCUT2D eigenvalue weighted by Crippen LogP contribution is -2.33. The Kier molecular flexibility index (Phi) is 5.49. The molecule has 0 bridgehead atoms. The number of Topliss-reactive ketones (excluding diaryl/α,β-unsaturated/α-hetero) is 1. The minimum Gasteiger partial charge on any atom is -0.298 e. The highest BCUT2D eigenvalue weighted by molar-refractivity contribution is 6.27. The van der Waals surface area contributed by atoms with Gasteiger partial charge in [0.1, 0.15) is 5.92 Å². The van der Waals surface area contributed by atoms with Gasteiger partial charge in [-0.1, -0.05) is 24.3 Å². The Morgan fingerprint density at radius 3 is 2.30 bits per heavy atom. The summed E-state index contributed by atoms with van der Waals surface area (Å²) >= 11 is 0. The van der Waals surface area contributed by atoms with Crippen molar-refractivity contribution in [1.29, 1.82) is 0 Å². The number of benzene rings is 2. The van der Waals surface area contributed by atoms with Crippen molar-refractivity contribution in [2.24, 2.45) is 11.0 Å². The minimum absolute atomic E-state index is 0.114. The number of hydrogen-bond acceptors (Lipinski definition) is 3. The second-order valence-electron chi connectivity index (χ2n) is 7.10. The van der Waals surface area contributed by atoms with Crippen LogP contribution in [0.3, 0.4) is 0 Å². The average Bonchev–Trinajstić information content (AvgIpc) is 2.95. The van der Waals surface area contributed by atoms with Crippen LogP contribution in [-0.2, 0) is 28.1 Å². The number of nitrogens with zero attached hydrogens (tertiary/aromatic N) is 2. The molecule has 2 aromatic rings. The van der Waals surface area contributed by atoms with Crippen LogP contribution in [0.5, 0.6) is 0 Å². The molecule has 0 aromatic heterocycles. The molecule has 2 aromatic carbocycles. The van der Waals surface area contributed by atoms with E-state index in [1.165, 1.54) is 37.3 Å². The van der Waals surface area contributed by atoms with Crippen LogP contribution in [0, 0.1) is 5.92 Å². The van der Waals surface area contributed by atoms with Crippen molar-refractivity contribution in [3.63, 3.8) is 0 Å². The summed E-state index contributed by atoms with van der Waals surface area (Å²) in [5.41, 5.74) is -0.900. The monoisotopic (exact) mass is 424 g/mol. The minimum atomic E-state index is -4.60. The number of rotatable bonds is 5. The molecule has 1 heterocycles. The molecule has 1 amide bonds. The van der Waals surface area contributed by atoms with Gasteiger partial charge in [-0.05, 0) is 36.8 Å². The van der Waals surface area contributed by atoms with Crippen LogP contribution in [0.15, 0.2) is 53.6 Å². The predicted molar refractivity (Wildman–Crippen MR) is 100 cm³/mol. The lowest BCUT2D eigenvalue weighted by molar-refractivity contribution is -0.137. The lowest BCUT2D eigenvalue weighted by atomic mass is 9.93. The Morgan fingerprint density at radius 2 is 1.67 bits per heavy atom. The van der Waals surface area contributed by atoms with Gasteiger partial charge in [0.25, 0.3) is 11.8 Å². The molecule has 9 heteroatoms. The third-order valence-electron chi connectivity index (χ3n) is 4.68. The van der Waals surface area contributed by atoms with E-state index < -0.39 is 35.3 Å². The Morgan fingerprint density at radius 1 is 1.03 bits per heavy atom. The van der Waals surface area contributed by atoms with E-state index in [9.17, 15) is 31.5 Å². The zero-order chi connectivity index (χ0) is 22.3. The molecule has 1 atom stereocenters. The van der Waals surface area contributed by atoms with Crippen LogP contribution in [0.2, 0.25) is 0 Å². The molecule has 0 saturated carbocycles. The fraction of sp³-hybridized carbons (Fsp3) is 0.286. The van der Waals surface area contributed by atoms with Crippen molar-refractivity contribution in [3.05, 3.63) is 65.2 Å². The van der Waals surface area contributed by atoms with Crippen LogP contribution in [-0.4, -0.2) is 17.4 Å². The number of hydrazone groups is 1. The van der Waals surface area contributed by atoms with E-state index in [4.69, 9.17) is 0 Å². The maximum Gasteiger partial charge on any atom is 0.416 e. The maximum absolute atomic E-state index is 13.5. The molecular weight excluding hydrogens is 407 g/mol. The van der Waals surface area contributed by atoms with Crippen molar-refractivity contribution < 1.29 is 31.5 Å². The summed E-state index contributed by atoms with van der Waals surface area (Å²) in [6.45, 7) is 2.16. The first-order valence-electron chi connectivity index (χ1n) is 8.94. The quantitative estimate of drug-likeness (QED) is 0.503. The Balaban J connectivity index is 1.82. The zero-order valence-corrected chi connectivity index (χ0v) is 16.0. The van der Waals surface area contributed by atoms with E-state index in [1.807, 2.05) is 0 Å². The number of alkyl halides is 5. The molecule has 1 unspecified atom stereocenters. The maximum atomic E-state index is 13.5. The summed E-state index contributed by atoms with van der Waals surface area (Å²) in [5, 5.41) is 4.72. The summed E-state index contributed by atoms with van der Waals surface area (Å²) < 4.78 is 65.9. The first-order valence-corrected chi connectivity index (χ1v) is 8.94. The van der Waals surface area contributed by atoms with E-state index in [1.54, 1.807) is 0 Å². The van der Waals surface area contributed by atoms with Crippen LogP contribution < -0.4 is 5.01 Å². The smallest absolute Gasteiger partial charge is 0.298 e. The van der Waals surface area contributed by atoms with Gasteiger partial charge >= 0.3 is 6.18 Å². The number of hydrogen-bond donors (Lipinski definition) is 0. The van der Waals surface area contributed by atoms with Gasteiger partial charge in [0.15, 0.2) is 5.78 Å². The molecule has 0 aliphatic carbocycles. The van der Waals surface area contributed by atoms with Gasteiger partial charge in [-0.2, -0.15) is 23.3 Å². The third-order valence-corrected chi connectivity index (χ3v) is 4.68. The molecule has 0 fully saturated rings. The van der Waals surface area contributed by atoms with Crippen LogP contribution in [0.25, 0.3) is 0 Å². The number of halogens is 5. The SMILES string of the molecule is CC1=NN(c2cccc(C(F)(F)F)c2)C(=O)C1C(=O)Cc1cccc(C(C)(F)F)c1. The zero-order valence-electron chi connectivity index (χ0n) is 16.0. The molecule has 3 rings (SSSR count). The largest absolute Gasteiger partial charge is 0.416 e. The van der Waals surface area contributed by atoms with Gasteiger partial charge in [-0.3, -0.25) is 9.59 Å². The number of ketones is 1. The van der Waals surface area contributed by atoms with Crippen LogP contribution >= 0.6 is 0 Å². The summed E-state index contributed by atoms with van der Waals surface area (Å²) in [4.78, 5) is 25.4. The van der Waals surface area contributed by atoms with E-state index >= 15 is 0 Å². The van der Waals surface area contributed by atoms with Crippen LogP contribution in [0.4, 0.5) is 27.6 Å². The van der Waals surface area contributed by atoms with Gasteiger partial charge in [-0.25, -0.2) is 8.78 Å². The van der Waals surface area contributed by atoms with Crippen LogP contribution in [0.1, 0.15) is 30.5 Å². The van der Waals surface area contributed by atoms with Gasteiger partial charge in [0.2, 0.25) is 0 Å². The highest BCUT2D eigenvalue weighted by Gasteiger charge is 2.40. The number of anilines is 1. The van der Waals surface area contributed by atoms with Crippen molar-refractivity contribution in [1.82, 2.24) is 0 Å². The molecule has 0 spiro atoms. The van der Waals surface area contributed by atoms with Gasteiger partial charge in [0, 0.05) is 18.9 Å². The van der Waals surface area contributed by atoms with E-state index in [-0.39, 0.29) is 23.4 Å². The summed E-state index contributed by atoms with van der Waals surface area (Å²) in [5.74, 6) is -5.73. The first-order chi connectivity index (χ1) is 13.9. The van der Waals surface area contributed by atoms with E-state index in [2.05, 4.69) is 5.10 Å². The highest BCUT2D eigenvalue weighted by atomic mass is 19.4. The van der Waals surface area contributed by atoms with Gasteiger partial charge in [-0.15, -0.1) is 0 Å². The predicted octanol–water partition coefficient (Wildman–Crippen LogP) is 4.97. The fourth-order valence-corrected chi connectivity index (χ4v) is 3.19. The molecular formula is C21H17F5N2O2. The van der Waals surface area contributed by atoms with Crippen molar-refractivity contribution >= 4 is 23.1 Å². The third kappa shape index (κ3) is 4.39. The molecule has 0 N–H and O–H groups in total. The molecule has 0 saturated heterocycles. The molecule has 0 radical (unpaired) electrons. The van der Waals surface area contributed by atoms with E-state index in [0.29, 0.717) is 5.56 Å². The second-order valence-corrected chi connectivity index (χ2v) is 7.10. The number of amides is 1. The normalized spacial score (nSPS) is 17.3.